The molecule has 2 N–H and O–H groups in total. The molecule has 0 aliphatic carbocycles. The first-order valence-corrected chi connectivity index (χ1v) is 5.89. The Morgan fingerprint density at radius 1 is 1.26 bits per heavy atom. The molecule has 3 rings (SSSR count). The van der Waals surface area contributed by atoms with Gasteiger partial charge < -0.3 is 9.84 Å². The van der Waals surface area contributed by atoms with Crippen LogP contribution in [0.1, 0.15) is 5.56 Å². The lowest BCUT2D eigenvalue weighted by Crippen LogP contribution is -1.92. The SMILES string of the molecule is CNc1cc(-c2noc(-c3cn[nH]c3)n2)ccc1C. The van der Waals surface area contributed by atoms with Crippen LogP contribution < -0.4 is 5.32 Å². The van der Waals surface area contributed by atoms with Crippen LogP contribution in [-0.2, 0) is 0 Å². The smallest absolute Gasteiger partial charge is 0.261 e. The average Bonchev–Trinajstić information content (AvgIpc) is 3.10. The molecule has 0 saturated heterocycles. The van der Waals surface area contributed by atoms with Crippen LogP contribution in [0.15, 0.2) is 35.1 Å². The van der Waals surface area contributed by atoms with E-state index in [9.17, 15) is 0 Å². The number of nitrogens with zero attached hydrogens (tertiary/aromatic N) is 3. The second kappa shape index (κ2) is 4.56. The molecule has 0 unspecified atom stereocenters. The van der Waals surface area contributed by atoms with E-state index in [-0.39, 0.29) is 0 Å². The number of nitrogens with one attached hydrogen (secondary N) is 2. The fourth-order valence-corrected chi connectivity index (χ4v) is 1.86. The second-order valence-electron chi connectivity index (χ2n) is 4.19. The summed E-state index contributed by atoms with van der Waals surface area (Å²) in [7, 11) is 1.89. The van der Waals surface area contributed by atoms with Crippen LogP contribution in [0.25, 0.3) is 22.8 Å². The Hall–Kier alpha value is -2.63. The van der Waals surface area contributed by atoms with E-state index in [0.29, 0.717) is 11.7 Å². The Morgan fingerprint density at radius 3 is 2.89 bits per heavy atom. The number of hydrogen-bond acceptors (Lipinski definition) is 5. The highest BCUT2D eigenvalue weighted by Gasteiger charge is 2.12. The molecule has 2 heterocycles. The monoisotopic (exact) mass is 255 g/mol. The van der Waals surface area contributed by atoms with Gasteiger partial charge in [0.1, 0.15) is 0 Å². The van der Waals surface area contributed by atoms with Crippen LogP contribution in [-0.4, -0.2) is 27.4 Å². The summed E-state index contributed by atoms with van der Waals surface area (Å²) in [5.74, 6) is 1.02. The van der Waals surface area contributed by atoms with Crippen LogP contribution in [0.4, 0.5) is 5.69 Å². The van der Waals surface area contributed by atoms with Gasteiger partial charge in [-0.25, -0.2) is 0 Å². The summed E-state index contributed by atoms with van der Waals surface area (Å²) in [4.78, 5) is 4.36. The molecule has 19 heavy (non-hydrogen) atoms. The average molecular weight is 255 g/mol. The van der Waals surface area contributed by atoms with Crippen molar-refractivity contribution in [3.05, 3.63) is 36.2 Å². The Bertz CT molecular complexity index is 687. The van der Waals surface area contributed by atoms with E-state index < -0.39 is 0 Å². The van der Waals surface area contributed by atoms with E-state index in [4.69, 9.17) is 4.52 Å². The van der Waals surface area contributed by atoms with Gasteiger partial charge in [0.05, 0.1) is 11.8 Å². The molecule has 0 bridgehead atoms. The van der Waals surface area contributed by atoms with Gasteiger partial charge in [-0.2, -0.15) is 10.1 Å². The molecule has 0 fully saturated rings. The summed E-state index contributed by atoms with van der Waals surface area (Å²) < 4.78 is 5.23. The number of benzene rings is 1. The van der Waals surface area contributed by atoms with Crippen molar-refractivity contribution in [2.75, 3.05) is 12.4 Å². The summed E-state index contributed by atoms with van der Waals surface area (Å²) in [6, 6.07) is 5.99. The predicted octanol–water partition coefficient (Wildman–Crippen LogP) is 2.48. The van der Waals surface area contributed by atoms with Gasteiger partial charge in [0.15, 0.2) is 0 Å². The third kappa shape index (κ3) is 2.08. The number of aryl methyl sites for hydroxylation is 1. The molecule has 0 amide bonds. The van der Waals surface area contributed by atoms with E-state index in [2.05, 4.69) is 25.7 Å². The minimum absolute atomic E-state index is 0.454. The van der Waals surface area contributed by atoms with Gasteiger partial charge in [0.25, 0.3) is 5.89 Å². The van der Waals surface area contributed by atoms with Gasteiger partial charge in [-0.1, -0.05) is 17.3 Å². The van der Waals surface area contributed by atoms with Crippen molar-refractivity contribution in [3.63, 3.8) is 0 Å². The van der Waals surface area contributed by atoms with Gasteiger partial charge in [-0.05, 0) is 18.6 Å². The highest BCUT2D eigenvalue weighted by molar-refractivity contribution is 5.66. The normalized spacial score (nSPS) is 10.6. The molecule has 0 radical (unpaired) electrons. The van der Waals surface area contributed by atoms with Crippen molar-refractivity contribution in [3.8, 4) is 22.8 Å². The van der Waals surface area contributed by atoms with Gasteiger partial charge in [0.2, 0.25) is 5.82 Å². The van der Waals surface area contributed by atoms with Crippen molar-refractivity contribution in [2.45, 2.75) is 6.92 Å². The topological polar surface area (TPSA) is 79.6 Å². The maximum Gasteiger partial charge on any atom is 0.261 e. The number of aromatic nitrogens is 4. The largest absolute Gasteiger partial charge is 0.388 e. The van der Waals surface area contributed by atoms with Crippen LogP contribution >= 0.6 is 0 Å². The Balaban J connectivity index is 1.99. The van der Waals surface area contributed by atoms with Crippen molar-refractivity contribution in [1.82, 2.24) is 20.3 Å². The summed E-state index contributed by atoms with van der Waals surface area (Å²) in [5, 5.41) is 13.7. The zero-order valence-electron chi connectivity index (χ0n) is 10.6. The fourth-order valence-electron chi connectivity index (χ4n) is 1.86. The Morgan fingerprint density at radius 2 is 2.16 bits per heavy atom. The van der Waals surface area contributed by atoms with Crippen LogP contribution in [0.3, 0.4) is 0 Å². The van der Waals surface area contributed by atoms with E-state index >= 15 is 0 Å². The molecule has 2 aromatic heterocycles. The molecule has 1 aromatic carbocycles. The standard InChI is InChI=1S/C13H13N5O/c1-8-3-4-9(5-11(8)14-2)12-17-13(19-18-12)10-6-15-16-7-10/h3-7,14H,1-2H3,(H,15,16). The van der Waals surface area contributed by atoms with Crippen molar-refractivity contribution in [1.29, 1.82) is 0 Å². The molecule has 6 heteroatoms. The number of anilines is 1. The minimum Gasteiger partial charge on any atom is -0.388 e. The predicted molar refractivity (Wildman–Crippen MR) is 71.6 cm³/mol. The van der Waals surface area contributed by atoms with E-state index in [1.165, 1.54) is 5.56 Å². The van der Waals surface area contributed by atoms with Crippen molar-refractivity contribution < 1.29 is 4.52 Å². The number of aromatic amines is 1. The van der Waals surface area contributed by atoms with E-state index in [1.54, 1.807) is 12.4 Å². The van der Waals surface area contributed by atoms with E-state index in [0.717, 1.165) is 16.8 Å². The molecule has 0 atom stereocenters. The van der Waals surface area contributed by atoms with Crippen molar-refractivity contribution >= 4 is 5.69 Å². The molecule has 0 aliphatic heterocycles. The molecule has 0 spiro atoms. The second-order valence-corrected chi connectivity index (χ2v) is 4.19. The first-order chi connectivity index (χ1) is 9.28. The summed E-state index contributed by atoms with van der Waals surface area (Å²) in [6.07, 6.45) is 3.36. The lowest BCUT2D eigenvalue weighted by Gasteiger charge is -2.05. The van der Waals surface area contributed by atoms with Gasteiger partial charge in [-0.3, -0.25) is 5.10 Å². The lowest BCUT2D eigenvalue weighted by atomic mass is 10.1. The number of H-pyrrole nitrogens is 1. The minimum atomic E-state index is 0.454. The number of rotatable bonds is 3. The quantitative estimate of drug-likeness (QED) is 0.751. The molecule has 0 saturated carbocycles. The zero-order valence-corrected chi connectivity index (χ0v) is 10.6. The summed E-state index contributed by atoms with van der Waals surface area (Å²) in [5.41, 5.74) is 3.91. The maximum atomic E-state index is 5.23. The van der Waals surface area contributed by atoms with Crippen LogP contribution in [0.2, 0.25) is 0 Å². The maximum absolute atomic E-state index is 5.23. The Kier molecular flexibility index (Phi) is 2.75. The van der Waals surface area contributed by atoms with Crippen molar-refractivity contribution in [2.24, 2.45) is 0 Å². The Labute approximate surface area is 109 Å². The van der Waals surface area contributed by atoms with Gasteiger partial charge in [-0.15, -0.1) is 0 Å². The van der Waals surface area contributed by atoms with E-state index in [1.807, 2.05) is 32.2 Å². The first kappa shape index (κ1) is 11.5. The van der Waals surface area contributed by atoms with Gasteiger partial charge >= 0.3 is 0 Å². The zero-order chi connectivity index (χ0) is 13.2. The lowest BCUT2D eigenvalue weighted by molar-refractivity contribution is 0.432. The number of hydrogen-bond donors (Lipinski definition) is 2. The fraction of sp³-hybridized carbons (Fsp3) is 0.154. The molecule has 6 nitrogen and oxygen atoms in total. The molecule has 0 aliphatic rings. The first-order valence-electron chi connectivity index (χ1n) is 5.89. The van der Waals surface area contributed by atoms with Crippen LogP contribution in [0, 0.1) is 6.92 Å². The summed E-state index contributed by atoms with van der Waals surface area (Å²) >= 11 is 0. The molecule has 96 valence electrons. The third-order valence-electron chi connectivity index (χ3n) is 2.94. The molecule has 3 aromatic rings. The highest BCUT2D eigenvalue weighted by Crippen LogP contribution is 2.25. The molecular weight excluding hydrogens is 242 g/mol. The summed E-state index contributed by atoms with van der Waals surface area (Å²) in [6.45, 7) is 2.04. The molecular formula is C13H13N5O. The van der Waals surface area contributed by atoms with Crippen LogP contribution in [0.5, 0.6) is 0 Å². The third-order valence-corrected chi connectivity index (χ3v) is 2.94. The highest BCUT2D eigenvalue weighted by atomic mass is 16.5. The van der Waals surface area contributed by atoms with Gasteiger partial charge in [0, 0.05) is 24.5 Å².